The standard InChI is InChI=1S/C17H15N3O2/c1-16-7-6-12-4-2-3-5-13(12)14(16)20-17(8-10-18,9-11-19)15(21)22-16/h2-5H,6-9H2,1H3. The molecule has 0 saturated heterocycles. The van der Waals surface area contributed by atoms with Crippen molar-refractivity contribution in [3.8, 4) is 12.1 Å². The Balaban J connectivity index is 2.21. The number of esters is 1. The average molecular weight is 293 g/mol. The molecule has 3 rings (SSSR count). The molecular weight excluding hydrogens is 278 g/mol. The lowest BCUT2D eigenvalue weighted by Crippen LogP contribution is -2.55. The van der Waals surface area contributed by atoms with Crippen LogP contribution in [0.4, 0.5) is 0 Å². The molecule has 1 aromatic carbocycles. The molecule has 22 heavy (non-hydrogen) atoms. The topological polar surface area (TPSA) is 86.2 Å². The molecule has 0 amide bonds. The Morgan fingerprint density at radius 3 is 2.64 bits per heavy atom. The van der Waals surface area contributed by atoms with Gasteiger partial charge in [-0.25, -0.2) is 4.79 Å². The van der Waals surface area contributed by atoms with Crippen LogP contribution < -0.4 is 0 Å². The number of benzene rings is 1. The van der Waals surface area contributed by atoms with Crippen LogP contribution in [0.1, 0.15) is 37.3 Å². The van der Waals surface area contributed by atoms with Crippen molar-refractivity contribution >= 4 is 11.7 Å². The van der Waals surface area contributed by atoms with E-state index in [-0.39, 0.29) is 12.8 Å². The van der Waals surface area contributed by atoms with Gasteiger partial charge in [-0.05, 0) is 25.3 Å². The highest BCUT2D eigenvalue weighted by molar-refractivity contribution is 6.12. The number of aryl methyl sites for hydroxylation is 1. The summed E-state index contributed by atoms with van der Waals surface area (Å²) in [5.74, 6) is -0.568. The smallest absolute Gasteiger partial charge is 0.337 e. The molecule has 0 fully saturated rings. The molecule has 1 aromatic rings. The summed E-state index contributed by atoms with van der Waals surface area (Å²) in [6.45, 7) is 1.85. The van der Waals surface area contributed by atoms with Gasteiger partial charge in [-0.2, -0.15) is 10.5 Å². The first-order chi connectivity index (χ1) is 10.5. The number of hydrogen-bond acceptors (Lipinski definition) is 5. The van der Waals surface area contributed by atoms with Crippen LogP contribution in [0.5, 0.6) is 0 Å². The fourth-order valence-electron chi connectivity index (χ4n) is 3.13. The van der Waals surface area contributed by atoms with E-state index in [4.69, 9.17) is 15.3 Å². The zero-order chi connectivity index (χ0) is 15.8. The summed E-state index contributed by atoms with van der Waals surface area (Å²) in [4.78, 5) is 17.0. The molecule has 0 spiro atoms. The predicted molar refractivity (Wildman–Crippen MR) is 79.0 cm³/mol. The van der Waals surface area contributed by atoms with E-state index in [1.54, 1.807) is 0 Å². The number of aliphatic imine (C=N–C) groups is 1. The Labute approximate surface area is 128 Å². The Hall–Kier alpha value is -2.66. The summed E-state index contributed by atoms with van der Waals surface area (Å²) >= 11 is 0. The summed E-state index contributed by atoms with van der Waals surface area (Å²) in [6, 6.07) is 11.8. The Morgan fingerprint density at radius 2 is 1.95 bits per heavy atom. The average Bonchev–Trinajstić information content (AvgIpc) is 2.50. The SMILES string of the molecule is CC12CCc3ccccc3C1=NC(CC#N)(CC#N)C(=O)O2. The quantitative estimate of drug-likeness (QED) is 0.783. The summed E-state index contributed by atoms with van der Waals surface area (Å²) in [5.41, 5.74) is 0.603. The second kappa shape index (κ2) is 4.96. The Kier molecular flexibility index (Phi) is 3.22. The summed E-state index contributed by atoms with van der Waals surface area (Å²) < 4.78 is 5.68. The lowest BCUT2D eigenvalue weighted by Gasteiger charge is -2.43. The van der Waals surface area contributed by atoms with E-state index >= 15 is 0 Å². The fraction of sp³-hybridized carbons (Fsp3) is 0.412. The highest BCUT2D eigenvalue weighted by atomic mass is 16.6. The van der Waals surface area contributed by atoms with Gasteiger partial charge in [-0.1, -0.05) is 24.3 Å². The molecule has 1 unspecified atom stereocenters. The largest absolute Gasteiger partial charge is 0.451 e. The molecule has 1 heterocycles. The molecule has 0 bridgehead atoms. The molecule has 0 aromatic heterocycles. The maximum absolute atomic E-state index is 12.4. The van der Waals surface area contributed by atoms with Crippen LogP contribution in [-0.2, 0) is 16.0 Å². The van der Waals surface area contributed by atoms with Gasteiger partial charge in [0.05, 0.1) is 30.7 Å². The van der Waals surface area contributed by atoms with Crippen molar-refractivity contribution in [2.24, 2.45) is 4.99 Å². The number of hydrogen-bond donors (Lipinski definition) is 0. The number of ether oxygens (including phenoxy) is 1. The molecular formula is C17H15N3O2. The minimum absolute atomic E-state index is 0.152. The number of nitriles is 2. The van der Waals surface area contributed by atoms with Crippen LogP contribution in [-0.4, -0.2) is 22.8 Å². The summed E-state index contributed by atoms with van der Waals surface area (Å²) in [5, 5.41) is 18.1. The highest BCUT2D eigenvalue weighted by Crippen LogP contribution is 2.40. The first-order valence-corrected chi connectivity index (χ1v) is 7.21. The summed E-state index contributed by atoms with van der Waals surface area (Å²) in [6.07, 6.45) is 1.16. The monoisotopic (exact) mass is 293 g/mol. The molecule has 1 aliphatic carbocycles. The van der Waals surface area contributed by atoms with Crippen molar-refractivity contribution in [2.45, 2.75) is 43.7 Å². The normalized spacial score (nSPS) is 24.9. The Morgan fingerprint density at radius 1 is 1.27 bits per heavy atom. The number of nitrogens with zero attached hydrogens (tertiary/aromatic N) is 3. The molecule has 0 saturated carbocycles. The van der Waals surface area contributed by atoms with E-state index in [0.717, 1.165) is 17.5 Å². The van der Waals surface area contributed by atoms with Gasteiger partial charge in [0, 0.05) is 5.56 Å². The predicted octanol–water partition coefficient (Wildman–Crippen LogP) is 2.30. The minimum Gasteiger partial charge on any atom is -0.451 e. The van der Waals surface area contributed by atoms with Crippen molar-refractivity contribution in [1.29, 1.82) is 10.5 Å². The maximum Gasteiger partial charge on any atom is 0.337 e. The third-order valence-corrected chi connectivity index (χ3v) is 4.41. The van der Waals surface area contributed by atoms with E-state index in [2.05, 4.69) is 4.99 Å². The van der Waals surface area contributed by atoms with Crippen molar-refractivity contribution in [3.05, 3.63) is 35.4 Å². The number of carbonyl (C=O) groups is 1. The van der Waals surface area contributed by atoms with Gasteiger partial charge in [0.25, 0.3) is 0 Å². The highest BCUT2D eigenvalue weighted by Gasteiger charge is 2.52. The van der Waals surface area contributed by atoms with Gasteiger partial charge < -0.3 is 4.74 Å². The van der Waals surface area contributed by atoms with Gasteiger partial charge in [0.1, 0.15) is 0 Å². The van der Waals surface area contributed by atoms with E-state index in [9.17, 15) is 4.79 Å². The second-order valence-corrected chi connectivity index (χ2v) is 5.94. The third-order valence-electron chi connectivity index (χ3n) is 4.41. The first kappa shape index (κ1) is 14.3. The van der Waals surface area contributed by atoms with Crippen molar-refractivity contribution in [3.63, 3.8) is 0 Å². The molecule has 2 aliphatic rings. The van der Waals surface area contributed by atoms with E-state index in [1.165, 1.54) is 0 Å². The second-order valence-electron chi connectivity index (χ2n) is 5.94. The van der Waals surface area contributed by atoms with Crippen molar-refractivity contribution in [2.75, 3.05) is 0 Å². The van der Waals surface area contributed by atoms with E-state index in [1.807, 2.05) is 43.3 Å². The van der Waals surface area contributed by atoms with Gasteiger partial charge in [0.2, 0.25) is 0 Å². The van der Waals surface area contributed by atoms with Crippen LogP contribution in [0.25, 0.3) is 0 Å². The molecule has 1 aliphatic heterocycles. The number of carbonyl (C=O) groups excluding carboxylic acids is 1. The third kappa shape index (κ3) is 1.98. The van der Waals surface area contributed by atoms with Crippen LogP contribution in [0.15, 0.2) is 29.3 Å². The van der Waals surface area contributed by atoms with Gasteiger partial charge in [-0.15, -0.1) is 0 Å². The molecule has 110 valence electrons. The number of fused-ring (bicyclic) bond motifs is 3. The number of rotatable bonds is 2. The zero-order valence-corrected chi connectivity index (χ0v) is 12.3. The van der Waals surface area contributed by atoms with Gasteiger partial charge in [0.15, 0.2) is 11.1 Å². The molecule has 5 nitrogen and oxygen atoms in total. The lowest BCUT2D eigenvalue weighted by atomic mass is 9.77. The lowest BCUT2D eigenvalue weighted by molar-refractivity contribution is -0.161. The van der Waals surface area contributed by atoms with Gasteiger partial charge >= 0.3 is 5.97 Å². The van der Waals surface area contributed by atoms with Crippen LogP contribution in [0.3, 0.4) is 0 Å². The minimum atomic E-state index is -1.40. The maximum atomic E-state index is 12.4. The van der Waals surface area contributed by atoms with Crippen molar-refractivity contribution < 1.29 is 9.53 Å². The Bertz CT molecular complexity index is 738. The van der Waals surface area contributed by atoms with Crippen molar-refractivity contribution in [1.82, 2.24) is 0 Å². The summed E-state index contributed by atoms with van der Waals surface area (Å²) in [7, 11) is 0. The molecule has 1 atom stereocenters. The molecule has 0 radical (unpaired) electrons. The van der Waals surface area contributed by atoms with Crippen LogP contribution >= 0.6 is 0 Å². The van der Waals surface area contributed by atoms with Crippen LogP contribution in [0, 0.1) is 22.7 Å². The van der Waals surface area contributed by atoms with E-state index in [0.29, 0.717) is 12.1 Å². The zero-order valence-electron chi connectivity index (χ0n) is 12.3. The first-order valence-electron chi connectivity index (χ1n) is 7.21. The molecule has 0 N–H and O–H groups in total. The van der Waals surface area contributed by atoms with Gasteiger partial charge in [-0.3, -0.25) is 4.99 Å². The molecule has 5 heteroatoms. The van der Waals surface area contributed by atoms with E-state index < -0.39 is 17.1 Å². The fourth-order valence-corrected chi connectivity index (χ4v) is 3.13. The van der Waals surface area contributed by atoms with Crippen LogP contribution in [0.2, 0.25) is 0 Å².